The molecule has 13 heteroatoms. The van der Waals surface area contributed by atoms with E-state index in [0.29, 0.717) is 39.7 Å². The highest BCUT2D eigenvalue weighted by molar-refractivity contribution is 6.30. The molecule has 8 rings (SSSR count). The first-order valence-electron chi connectivity index (χ1n) is 19.2. The van der Waals surface area contributed by atoms with E-state index < -0.39 is 36.0 Å². The van der Waals surface area contributed by atoms with E-state index in [1.165, 1.54) is 4.90 Å². The Morgan fingerprint density at radius 3 is 2.41 bits per heavy atom. The van der Waals surface area contributed by atoms with Gasteiger partial charge in [-0.3, -0.25) is 14.6 Å². The van der Waals surface area contributed by atoms with Gasteiger partial charge in [0.1, 0.15) is 35.9 Å². The summed E-state index contributed by atoms with van der Waals surface area (Å²) in [4.78, 5) is 51.1. The Morgan fingerprint density at radius 1 is 0.932 bits per heavy atom. The second kappa shape index (κ2) is 16.3. The fourth-order valence-corrected chi connectivity index (χ4v) is 7.70. The molecule has 3 atom stereocenters. The average molecular weight is 813 g/mol. The predicted octanol–water partition coefficient (Wildman–Crippen LogP) is 8.31. The minimum Gasteiger partial charge on any atom is -0.485 e. The second-order valence-electron chi connectivity index (χ2n) is 14.8. The topological polar surface area (TPSA) is 153 Å². The first-order valence-corrected chi connectivity index (χ1v) is 19.6. The number of carbonyl (C=O) groups excluding carboxylic acids is 2. The van der Waals surface area contributed by atoms with E-state index in [2.05, 4.69) is 15.3 Å². The van der Waals surface area contributed by atoms with Crippen molar-refractivity contribution in [1.82, 2.24) is 20.2 Å². The zero-order chi connectivity index (χ0) is 41.4. The summed E-state index contributed by atoms with van der Waals surface area (Å²) in [6, 6.07) is 25.5. The number of amides is 2. The fourth-order valence-electron chi connectivity index (χ4n) is 7.52. The van der Waals surface area contributed by atoms with Crippen LogP contribution < -0.4 is 19.5 Å². The third kappa shape index (κ3) is 8.35. The first kappa shape index (κ1) is 39.2. The van der Waals surface area contributed by atoms with Crippen molar-refractivity contribution in [3.63, 3.8) is 0 Å². The summed E-state index contributed by atoms with van der Waals surface area (Å²) in [6.07, 6.45) is 1.47. The lowest BCUT2D eigenvalue weighted by Crippen LogP contribution is -2.56. The predicted molar refractivity (Wildman–Crippen MR) is 219 cm³/mol. The molecule has 2 aromatic heterocycles. The molecule has 4 heterocycles. The molecule has 4 aromatic carbocycles. The number of hydrogen-bond donors (Lipinski definition) is 2. The van der Waals surface area contributed by atoms with Crippen LogP contribution in [-0.4, -0.2) is 56.4 Å². The maximum Gasteiger partial charge on any atom is 0.326 e. The van der Waals surface area contributed by atoms with Crippen molar-refractivity contribution in [3.05, 3.63) is 153 Å². The van der Waals surface area contributed by atoms with Gasteiger partial charge < -0.3 is 34.0 Å². The van der Waals surface area contributed by atoms with Gasteiger partial charge in [-0.25, -0.2) is 9.78 Å². The average Bonchev–Trinajstić information content (AvgIpc) is 3.57. The SMILES string of the molecule is Cc1nc(C(=O)N2Cc3cc4c(cc3C[C@H]2C(=O)N[C@@H](Cc2ccc(-c3ccnc(C)c3C)cc2)C(=O)O)OC[C@H](c2ccc(Oc3cccc(Cl)c3)cc2)O4)c(C)o1. The molecule has 300 valence electrons. The van der Waals surface area contributed by atoms with Crippen LogP contribution in [0.2, 0.25) is 5.02 Å². The first-order chi connectivity index (χ1) is 28.4. The van der Waals surface area contributed by atoms with Crippen molar-refractivity contribution >= 4 is 29.4 Å². The van der Waals surface area contributed by atoms with Crippen LogP contribution in [0.5, 0.6) is 23.0 Å². The monoisotopic (exact) mass is 812 g/mol. The molecular formula is C46H41ClN4O8. The van der Waals surface area contributed by atoms with E-state index in [0.717, 1.165) is 44.6 Å². The molecule has 0 unspecified atom stereocenters. The number of aromatic nitrogens is 2. The van der Waals surface area contributed by atoms with Crippen molar-refractivity contribution in [3.8, 4) is 34.1 Å². The number of carboxylic acids is 1. The van der Waals surface area contributed by atoms with Crippen molar-refractivity contribution in [2.45, 2.75) is 65.3 Å². The van der Waals surface area contributed by atoms with Crippen molar-refractivity contribution in [2.24, 2.45) is 0 Å². The highest BCUT2D eigenvalue weighted by Gasteiger charge is 2.39. The number of benzene rings is 4. The molecular weight excluding hydrogens is 772 g/mol. The van der Waals surface area contributed by atoms with Gasteiger partial charge in [-0.1, -0.05) is 54.1 Å². The van der Waals surface area contributed by atoms with E-state index in [4.69, 9.17) is 30.2 Å². The lowest BCUT2D eigenvalue weighted by Gasteiger charge is -2.37. The van der Waals surface area contributed by atoms with Crippen LogP contribution in [0.15, 0.2) is 102 Å². The maximum atomic E-state index is 14.2. The van der Waals surface area contributed by atoms with Crippen LogP contribution in [0.1, 0.15) is 61.8 Å². The Kier molecular flexibility index (Phi) is 10.8. The number of carboxylic acid groups (broad SMARTS) is 1. The van der Waals surface area contributed by atoms with Gasteiger partial charge in [0, 0.05) is 43.2 Å². The molecule has 0 radical (unpaired) electrons. The molecule has 0 aliphatic carbocycles. The van der Waals surface area contributed by atoms with E-state index in [9.17, 15) is 19.5 Å². The van der Waals surface area contributed by atoms with Gasteiger partial charge in [-0.2, -0.15) is 0 Å². The van der Waals surface area contributed by atoms with Crippen LogP contribution in [0.4, 0.5) is 0 Å². The summed E-state index contributed by atoms with van der Waals surface area (Å²) in [5.74, 6) is 0.573. The number of carbonyl (C=O) groups is 3. The lowest BCUT2D eigenvalue weighted by molar-refractivity contribution is -0.142. The molecule has 0 fully saturated rings. The van der Waals surface area contributed by atoms with Gasteiger partial charge in [0.05, 0.1) is 0 Å². The van der Waals surface area contributed by atoms with Crippen LogP contribution in [-0.2, 0) is 29.0 Å². The molecule has 59 heavy (non-hydrogen) atoms. The molecule has 2 aliphatic heterocycles. The third-order valence-electron chi connectivity index (χ3n) is 10.8. The number of ether oxygens (including phenoxy) is 3. The van der Waals surface area contributed by atoms with Gasteiger partial charge in [-0.15, -0.1) is 0 Å². The molecule has 0 spiro atoms. The Morgan fingerprint density at radius 2 is 1.69 bits per heavy atom. The van der Waals surface area contributed by atoms with Crippen LogP contribution >= 0.6 is 11.6 Å². The molecule has 0 bridgehead atoms. The summed E-state index contributed by atoms with van der Waals surface area (Å²) in [5, 5.41) is 13.6. The van der Waals surface area contributed by atoms with Gasteiger partial charge in [0.25, 0.3) is 5.91 Å². The Bertz CT molecular complexity index is 2570. The second-order valence-corrected chi connectivity index (χ2v) is 15.2. The third-order valence-corrected chi connectivity index (χ3v) is 11.0. The summed E-state index contributed by atoms with van der Waals surface area (Å²) >= 11 is 6.11. The molecule has 2 N–H and O–H groups in total. The Labute approximate surface area is 345 Å². The van der Waals surface area contributed by atoms with Gasteiger partial charge in [0.15, 0.2) is 29.2 Å². The van der Waals surface area contributed by atoms with Crippen LogP contribution in [0, 0.1) is 27.7 Å². The summed E-state index contributed by atoms with van der Waals surface area (Å²) in [5.41, 5.74) is 7.22. The number of oxazole rings is 1. The number of nitrogens with zero attached hydrogens (tertiary/aromatic N) is 3. The highest BCUT2D eigenvalue weighted by atomic mass is 35.5. The number of rotatable bonds is 10. The van der Waals surface area contributed by atoms with Crippen molar-refractivity contribution in [2.75, 3.05) is 6.61 Å². The number of fused-ring (bicyclic) bond motifs is 2. The van der Waals surface area contributed by atoms with Crippen molar-refractivity contribution in [1.29, 1.82) is 0 Å². The quantitative estimate of drug-likeness (QED) is 0.138. The van der Waals surface area contributed by atoms with Gasteiger partial charge in [0.2, 0.25) is 5.91 Å². The number of hydrogen-bond acceptors (Lipinski definition) is 9. The molecule has 12 nitrogen and oxygen atoms in total. The summed E-state index contributed by atoms with van der Waals surface area (Å²) in [6.45, 7) is 7.51. The van der Waals surface area contributed by atoms with Crippen LogP contribution in [0.3, 0.4) is 0 Å². The zero-order valence-corrected chi connectivity index (χ0v) is 33.6. The standard InChI is InChI=1S/C46H41ClN4O8/c1-25-26(2)48-17-16-37(25)30-10-8-29(9-11-30)18-38(46(54)55)50-44(52)39-19-32-20-40-41(21-33(32)23-51(39)45(53)43-27(3)57-28(4)49-43)59-42(24-56-40)31-12-14-35(15-13-31)58-36-7-5-6-34(47)22-36/h5-17,20-22,38-39,42H,18-19,23-24H2,1-4H3,(H,50,52)(H,54,55)/t38-,39-,42+/m0/s1. The Balaban J connectivity index is 1.01. The molecule has 0 saturated heterocycles. The Hall–Kier alpha value is -6.66. The zero-order valence-electron chi connectivity index (χ0n) is 32.8. The minimum atomic E-state index is -1.26. The van der Waals surface area contributed by atoms with Crippen molar-refractivity contribution < 1.29 is 38.1 Å². The number of aryl methyl sites for hydroxylation is 3. The summed E-state index contributed by atoms with van der Waals surface area (Å²) in [7, 11) is 0. The lowest BCUT2D eigenvalue weighted by atomic mass is 9.91. The number of aliphatic carboxylic acids is 1. The fraction of sp³-hybridized carbons (Fsp3) is 0.239. The van der Waals surface area contributed by atoms with E-state index in [-0.39, 0.29) is 31.7 Å². The molecule has 6 aromatic rings. The molecule has 2 aliphatic rings. The number of halogens is 1. The molecule has 2 amide bonds. The highest BCUT2D eigenvalue weighted by Crippen LogP contribution is 2.41. The maximum absolute atomic E-state index is 14.2. The largest absolute Gasteiger partial charge is 0.485 e. The van der Waals surface area contributed by atoms with E-state index in [1.54, 1.807) is 32.2 Å². The molecule has 0 saturated carbocycles. The van der Waals surface area contributed by atoms with Crippen LogP contribution in [0.25, 0.3) is 11.1 Å². The van der Waals surface area contributed by atoms with Gasteiger partial charge in [-0.05, 0) is 108 Å². The smallest absolute Gasteiger partial charge is 0.326 e. The normalized spacial score (nSPS) is 16.2. The van der Waals surface area contributed by atoms with Gasteiger partial charge >= 0.3 is 5.97 Å². The number of nitrogens with one attached hydrogen (secondary N) is 1. The van der Waals surface area contributed by atoms with E-state index >= 15 is 0 Å². The number of pyridine rings is 1. The minimum absolute atomic E-state index is 0.0293. The van der Waals surface area contributed by atoms with E-state index in [1.807, 2.05) is 92.7 Å². The summed E-state index contributed by atoms with van der Waals surface area (Å²) < 4.78 is 24.2.